The van der Waals surface area contributed by atoms with Gasteiger partial charge in [-0.3, -0.25) is 24.2 Å². The first-order valence-electron chi connectivity index (χ1n) is 19.0. The van der Waals surface area contributed by atoms with Gasteiger partial charge in [0.2, 0.25) is 11.7 Å². The molecular weight excluding hydrogens is 807 g/mol. The van der Waals surface area contributed by atoms with Gasteiger partial charge in [-0.05, 0) is 62.3 Å². The van der Waals surface area contributed by atoms with Crippen molar-refractivity contribution in [2.45, 2.75) is 44.7 Å². The zero-order valence-corrected chi connectivity index (χ0v) is 36.2. The molecule has 6 rings (SSSR count). The first kappa shape index (κ1) is 45.3. The molecule has 0 fully saturated rings. The summed E-state index contributed by atoms with van der Waals surface area (Å²) in [6.45, 7) is 1.81. The van der Waals surface area contributed by atoms with Gasteiger partial charge in [-0.2, -0.15) is 23.4 Å². The molecule has 3 aromatic heterocycles. The number of allylic oxidation sites excluding steroid dienone is 1. The third-order valence-electron chi connectivity index (χ3n) is 9.78. The number of hydrogen-bond acceptors (Lipinski definition) is 11. The molecule has 20 heteroatoms. The molecule has 0 aliphatic heterocycles. The van der Waals surface area contributed by atoms with Crippen molar-refractivity contribution in [2.75, 3.05) is 72.5 Å². The number of nitrogens with one attached hydrogen (secondary N) is 2. The van der Waals surface area contributed by atoms with E-state index < -0.39 is 11.7 Å². The standard InChI is InChI=1S/C22H24F3N6O2P.C17H27N4O3P/c1-33-9-8-31(12-34)20(32)19-16-7-2-4-13-11-26-21(28-17(13)18(16)29-30-19)27-15-6-3-5-14(10-15)22(23,24)25;1-19(2)10-12-6-5-7-13-14(18-20(3)15(13)16(12)22)17(23)21(11-25)8-9-24-4/h3,5-6,10-11H,2,4,7-9,12,34H2,1H3,(H,29,30)(H,26,27,28);10H,5-9,11,25H2,1-4H3/b;12-10+. The number of fused-ring (bicyclic) bond motifs is 4. The molecule has 2 atom stereocenters. The minimum Gasteiger partial charge on any atom is -0.383 e. The number of ether oxygens (including phenoxy) is 2. The molecule has 59 heavy (non-hydrogen) atoms. The van der Waals surface area contributed by atoms with Gasteiger partial charge in [-0.15, -0.1) is 18.5 Å². The largest absolute Gasteiger partial charge is 0.416 e. The number of aromatic nitrogens is 6. The lowest BCUT2D eigenvalue weighted by Gasteiger charge is -2.20. The van der Waals surface area contributed by atoms with Crippen molar-refractivity contribution in [1.82, 2.24) is 44.6 Å². The second-order valence-corrected chi connectivity index (χ2v) is 14.9. The SMILES string of the molecule is COCCN(CP)C(=O)c1[nH]nc2c1CCCc1cnc(Nc3cccc(C(F)(F)F)c3)nc1-2.COCCN(CP)C(=O)c1nn(C)c2c1CCC/C(=C\N(C)C)C2=O. The molecule has 2 N–H and O–H groups in total. The Morgan fingerprint density at radius 1 is 0.966 bits per heavy atom. The van der Waals surface area contributed by atoms with Crippen molar-refractivity contribution >= 4 is 47.7 Å². The number of amides is 2. The van der Waals surface area contributed by atoms with Crippen LogP contribution in [0.1, 0.15) is 73.0 Å². The summed E-state index contributed by atoms with van der Waals surface area (Å²) < 4.78 is 50.9. The second-order valence-electron chi connectivity index (χ2n) is 14.1. The van der Waals surface area contributed by atoms with E-state index >= 15 is 0 Å². The van der Waals surface area contributed by atoms with Crippen LogP contribution in [0.4, 0.5) is 24.8 Å². The zero-order valence-electron chi connectivity index (χ0n) is 33.9. The van der Waals surface area contributed by atoms with E-state index in [0.29, 0.717) is 93.0 Å². The van der Waals surface area contributed by atoms with E-state index in [1.165, 1.54) is 12.1 Å². The number of nitrogens with zero attached hydrogens (tertiary/aromatic N) is 8. The number of hydrogen-bond donors (Lipinski definition) is 2. The molecule has 0 bridgehead atoms. The van der Waals surface area contributed by atoms with Gasteiger partial charge in [0.25, 0.3) is 11.8 Å². The maximum absolute atomic E-state index is 13.1. The van der Waals surface area contributed by atoms with Crippen molar-refractivity contribution in [3.63, 3.8) is 0 Å². The number of H-pyrrole nitrogens is 1. The molecule has 0 spiro atoms. The van der Waals surface area contributed by atoms with Crippen LogP contribution in [0, 0.1) is 0 Å². The molecule has 0 saturated carbocycles. The molecule has 2 aliphatic carbocycles. The number of aromatic amines is 1. The molecule has 0 saturated heterocycles. The highest BCUT2D eigenvalue weighted by atomic mass is 31.0. The Morgan fingerprint density at radius 3 is 2.27 bits per heavy atom. The first-order chi connectivity index (χ1) is 28.2. The number of anilines is 2. The Hall–Kier alpha value is -4.76. The lowest BCUT2D eigenvalue weighted by Crippen LogP contribution is -2.33. The molecule has 2 aliphatic rings. The summed E-state index contributed by atoms with van der Waals surface area (Å²) in [5.41, 5.74) is 5.05. The molecule has 3 heterocycles. The van der Waals surface area contributed by atoms with E-state index in [1.807, 2.05) is 25.2 Å². The summed E-state index contributed by atoms with van der Waals surface area (Å²) in [5, 5.41) is 14.5. The van der Waals surface area contributed by atoms with Crippen LogP contribution in [0.3, 0.4) is 0 Å². The van der Waals surface area contributed by atoms with Crippen molar-refractivity contribution in [3.05, 3.63) is 81.6 Å². The Morgan fingerprint density at radius 2 is 1.63 bits per heavy atom. The van der Waals surface area contributed by atoms with Crippen LogP contribution in [0.15, 0.2) is 42.2 Å². The van der Waals surface area contributed by atoms with Crippen LogP contribution in [0.5, 0.6) is 0 Å². The van der Waals surface area contributed by atoms with Crippen LogP contribution in [-0.4, -0.2) is 129 Å². The van der Waals surface area contributed by atoms with Crippen LogP contribution >= 0.6 is 18.5 Å². The zero-order chi connectivity index (χ0) is 42.9. The van der Waals surface area contributed by atoms with Crippen LogP contribution in [0.25, 0.3) is 11.4 Å². The predicted molar refractivity (Wildman–Crippen MR) is 224 cm³/mol. The normalized spacial score (nSPS) is 14.3. The minimum absolute atomic E-state index is 0.0374. The van der Waals surface area contributed by atoms with E-state index in [0.717, 1.165) is 47.2 Å². The van der Waals surface area contributed by atoms with Crippen molar-refractivity contribution < 1.29 is 37.0 Å². The fourth-order valence-electron chi connectivity index (χ4n) is 6.87. The number of halogens is 3. The van der Waals surface area contributed by atoms with Crippen LogP contribution in [-0.2, 0) is 42.0 Å². The maximum atomic E-state index is 13.1. The van der Waals surface area contributed by atoms with Crippen LogP contribution < -0.4 is 5.32 Å². The van der Waals surface area contributed by atoms with E-state index in [9.17, 15) is 27.6 Å². The highest BCUT2D eigenvalue weighted by molar-refractivity contribution is 7.16. The number of alkyl halides is 3. The summed E-state index contributed by atoms with van der Waals surface area (Å²) in [4.78, 5) is 53.0. The number of Topliss-reactive ketones (excluding diaryl/α,β-unsaturated/α-hetero) is 1. The Bertz CT molecular complexity index is 2160. The molecule has 4 aromatic rings. The molecular formula is C39H51F3N10O5P2. The molecule has 2 amide bonds. The smallest absolute Gasteiger partial charge is 0.383 e. The summed E-state index contributed by atoms with van der Waals surface area (Å²) in [6, 6.07) is 4.84. The molecule has 318 valence electrons. The highest BCUT2D eigenvalue weighted by Gasteiger charge is 2.33. The van der Waals surface area contributed by atoms with Gasteiger partial charge in [-0.25, -0.2) is 9.97 Å². The number of benzene rings is 1. The van der Waals surface area contributed by atoms with Gasteiger partial charge in [0.15, 0.2) is 5.69 Å². The van der Waals surface area contributed by atoms with Crippen LogP contribution in [0.2, 0.25) is 0 Å². The summed E-state index contributed by atoms with van der Waals surface area (Å²) in [6.07, 6.45) is 4.31. The average Bonchev–Trinajstić information content (AvgIpc) is 3.66. The number of aryl methyl sites for hydroxylation is 2. The van der Waals surface area contributed by atoms with Crippen molar-refractivity contribution in [2.24, 2.45) is 7.05 Å². The lowest BCUT2D eigenvalue weighted by molar-refractivity contribution is -0.137. The molecule has 2 unspecified atom stereocenters. The molecule has 0 radical (unpaired) electrons. The lowest BCUT2D eigenvalue weighted by atomic mass is 10.1. The summed E-state index contributed by atoms with van der Waals surface area (Å²) in [7, 11) is 13.8. The number of carbonyl (C=O) groups excluding carboxylic acids is 3. The van der Waals surface area contributed by atoms with Gasteiger partial charge in [-0.1, -0.05) is 6.07 Å². The third kappa shape index (κ3) is 10.9. The van der Waals surface area contributed by atoms with Gasteiger partial charge < -0.3 is 29.5 Å². The number of methoxy groups -OCH3 is 2. The van der Waals surface area contributed by atoms with E-state index in [-0.39, 0.29) is 29.2 Å². The quantitative estimate of drug-likeness (QED) is 0.101. The maximum Gasteiger partial charge on any atom is 0.416 e. The van der Waals surface area contributed by atoms with Gasteiger partial charge in [0.05, 0.1) is 24.5 Å². The van der Waals surface area contributed by atoms with Crippen molar-refractivity contribution in [3.8, 4) is 11.4 Å². The fourth-order valence-corrected chi connectivity index (χ4v) is 7.57. The molecule has 15 nitrogen and oxygen atoms in total. The first-order valence-corrected chi connectivity index (χ1v) is 20.7. The van der Waals surface area contributed by atoms with Gasteiger partial charge in [0.1, 0.15) is 17.1 Å². The second kappa shape index (κ2) is 20.5. The predicted octanol–water partition coefficient (Wildman–Crippen LogP) is 5.34. The summed E-state index contributed by atoms with van der Waals surface area (Å²) >= 11 is 0. The third-order valence-corrected chi connectivity index (χ3v) is 10.7. The van der Waals surface area contributed by atoms with Crippen molar-refractivity contribution in [1.29, 1.82) is 0 Å². The Balaban J connectivity index is 0.000000236. The van der Waals surface area contributed by atoms with E-state index in [2.05, 4.69) is 49.1 Å². The topological polar surface area (TPSA) is 164 Å². The van der Waals surface area contributed by atoms with Gasteiger partial charge >= 0.3 is 6.18 Å². The number of ketones is 1. The van der Waals surface area contributed by atoms with E-state index in [4.69, 9.17) is 9.47 Å². The van der Waals surface area contributed by atoms with E-state index in [1.54, 1.807) is 41.9 Å². The number of carbonyl (C=O) groups is 3. The average molecular weight is 859 g/mol. The van der Waals surface area contributed by atoms with Gasteiger partial charge in [0, 0.05) is 95.8 Å². The summed E-state index contributed by atoms with van der Waals surface area (Å²) in [5.74, 6) is -0.226. The minimum atomic E-state index is -4.45. The monoisotopic (exact) mass is 858 g/mol. The highest BCUT2D eigenvalue weighted by Crippen LogP contribution is 2.34. The Labute approximate surface area is 345 Å². The number of rotatable bonds is 13. The molecule has 1 aromatic carbocycles. The fraction of sp³-hybridized carbons (Fsp3) is 0.462. The Kier molecular flexibility index (Phi) is 15.7.